The van der Waals surface area contributed by atoms with Crippen LogP contribution < -0.4 is 0 Å². The molecule has 2 aromatic heterocycles. The van der Waals surface area contributed by atoms with Gasteiger partial charge in [0.25, 0.3) is 0 Å². The van der Waals surface area contributed by atoms with Crippen LogP contribution in [-0.4, -0.2) is 4.98 Å². The van der Waals surface area contributed by atoms with E-state index in [1.165, 1.54) is 12.6 Å². The fourth-order valence-electron chi connectivity index (χ4n) is 0.918. The van der Waals surface area contributed by atoms with E-state index in [1.54, 1.807) is 22.7 Å². The first kappa shape index (κ1) is 8.65. The lowest BCUT2D eigenvalue weighted by Crippen LogP contribution is -1.63. The van der Waals surface area contributed by atoms with Gasteiger partial charge in [-0.1, -0.05) is 0 Å². The lowest BCUT2D eigenvalue weighted by Gasteiger charge is -1.84. The molecule has 0 atom stereocenters. The molecule has 0 saturated carbocycles. The Kier molecular flexibility index (Phi) is 2.47. The highest BCUT2D eigenvalue weighted by atomic mass is 127. The zero-order valence-electron chi connectivity index (χ0n) is 6.37. The number of aryl methyl sites for hydroxylation is 1. The van der Waals surface area contributed by atoms with Gasteiger partial charge < -0.3 is 0 Å². The minimum atomic E-state index is 1.14. The van der Waals surface area contributed by atoms with E-state index >= 15 is 0 Å². The molecule has 0 radical (unpaired) electrons. The number of hydrogen-bond donors (Lipinski definition) is 0. The third-order valence-electron chi connectivity index (χ3n) is 1.43. The summed E-state index contributed by atoms with van der Waals surface area (Å²) >= 11 is 5.83. The number of halogens is 1. The van der Waals surface area contributed by atoms with Crippen molar-refractivity contribution >= 4 is 45.3 Å². The second-order valence-electron chi connectivity index (χ2n) is 2.38. The molecule has 0 fully saturated rings. The predicted molar refractivity (Wildman–Crippen MR) is 62.9 cm³/mol. The van der Waals surface area contributed by atoms with Gasteiger partial charge in [0, 0.05) is 4.88 Å². The summed E-state index contributed by atoms with van der Waals surface area (Å²) in [4.78, 5) is 6.94. The van der Waals surface area contributed by atoms with E-state index in [9.17, 15) is 0 Å². The van der Waals surface area contributed by atoms with E-state index in [1.807, 2.05) is 6.20 Å². The van der Waals surface area contributed by atoms with Crippen LogP contribution in [0, 0.1) is 9.81 Å². The fourth-order valence-corrected chi connectivity index (χ4v) is 3.26. The third kappa shape index (κ3) is 1.70. The van der Waals surface area contributed by atoms with Gasteiger partial charge in [-0.3, -0.25) is 0 Å². The van der Waals surface area contributed by atoms with E-state index < -0.39 is 0 Å². The maximum atomic E-state index is 4.32. The minimum absolute atomic E-state index is 1.14. The van der Waals surface area contributed by atoms with Gasteiger partial charge in [-0.15, -0.1) is 22.7 Å². The molecule has 62 valence electrons. The molecule has 0 spiro atoms. The summed E-state index contributed by atoms with van der Waals surface area (Å²) in [5.74, 6) is 0. The first-order chi connectivity index (χ1) is 5.75. The van der Waals surface area contributed by atoms with Gasteiger partial charge in [0.2, 0.25) is 0 Å². The first-order valence-electron chi connectivity index (χ1n) is 3.44. The molecule has 0 aliphatic carbocycles. The van der Waals surface area contributed by atoms with Gasteiger partial charge >= 0.3 is 0 Å². The number of thiophene rings is 1. The summed E-state index contributed by atoms with van der Waals surface area (Å²) in [5.41, 5.74) is 0. The summed E-state index contributed by atoms with van der Waals surface area (Å²) in [6.07, 6.45) is 1.91. The average Bonchev–Trinajstić information content (AvgIpc) is 2.58. The van der Waals surface area contributed by atoms with Crippen LogP contribution in [0.15, 0.2) is 18.3 Å². The van der Waals surface area contributed by atoms with Crippen molar-refractivity contribution in [2.45, 2.75) is 6.92 Å². The van der Waals surface area contributed by atoms with Gasteiger partial charge in [-0.05, 0) is 41.6 Å². The van der Waals surface area contributed by atoms with E-state index in [0.717, 1.165) is 5.01 Å². The van der Waals surface area contributed by atoms with Crippen molar-refractivity contribution in [1.82, 2.24) is 4.98 Å². The van der Waals surface area contributed by atoms with Crippen LogP contribution in [0.5, 0.6) is 0 Å². The van der Waals surface area contributed by atoms with Crippen molar-refractivity contribution in [3.63, 3.8) is 0 Å². The normalized spacial score (nSPS) is 10.5. The predicted octanol–water partition coefficient (Wildman–Crippen LogP) is 3.78. The van der Waals surface area contributed by atoms with Crippen LogP contribution in [0.25, 0.3) is 9.88 Å². The molecule has 2 aromatic rings. The molecule has 0 amide bonds. The first-order valence-corrected chi connectivity index (χ1v) is 6.15. The van der Waals surface area contributed by atoms with Crippen LogP contribution in [0.4, 0.5) is 0 Å². The number of thiazole rings is 1. The number of hydrogen-bond acceptors (Lipinski definition) is 3. The molecule has 0 bridgehead atoms. The van der Waals surface area contributed by atoms with Gasteiger partial charge in [0.15, 0.2) is 0 Å². The van der Waals surface area contributed by atoms with Gasteiger partial charge in [0.05, 0.1) is 14.0 Å². The Morgan fingerprint density at radius 1 is 1.33 bits per heavy atom. The monoisotopic (exact) mass is 307 g/mol. The molecule has 0 aliphatic heterocycles. The van der Waals surface area contributed by atoms with E-state index in [2.05, 4.69) is 46.6 Å². The van der Waals surface area contributed by atoms with Crippen LogP contribution >= 0.6 is 45.3 Å². The standard InChI is InChI=1S/C8H6INS2/c1-5-2-3-6(11-5)8-10-4-7(9)12-8/h2-4H,1H3. The largest absolute Gasteiger partial charge is 0.243 e. The smallest absolute Gasteiger partial charge is 0.134 e. The molecule has 1 nitrogen and oxygen atoms in total. The van der Waals surface area contributed by atoms with Crippen LogP contribution in [0.3, 0.4) is 0 Å². The summed E-state index contributed by atoms with van der Waals surface area (Å²) in [6.45, 7) is 2.12. The number of aromatic nitrogens is 1. The molecule has 0 saturated heterocycles. The highest BCUT2D eigenvalue weighted by Gasteiger charge is 2.04. The SMILES string of the molecule is Cc1ccc(-c2ncc(I)s2)s1. The van der Waals surface area contributed by atoms with Gasteiger partial charge in [-0.2, -0.15) is 0 Å². The van der Waals surface area contributed by atoms with Crippen LogP contribution in [0.2, 0.25) is 0 Å². The number of nitrogens with zero attached hydrogens (tertiary/aromatic N) is 1. The lowest BCUT2D eigenvalue weighted by molar-refractivity contribution is 1.42. The topological polar surface area (TPSA) is 12.9 Å². The van der Waals surface area contributed by atoms with Gasteiger partial charge in [0.1, 0.15) is 5.01 Å². The highest BCUT2D eigenvalue weighted by molar-refractivity contribution is 14.1. The Balaban J connectivity index is 2.43. The Bertz CT molecular complexity index is 353. The molecule has 2 rings (SSSR count). The van der Waals surface area contributed by atoms with Crippen LogP contribution in [-0.2, 0) is 0 Å². The van der Waals surface area contributed by atoms with Crippen molar-refractivity contribution in [2.24, 2.45) is 0 Å². The summed E-state index contributed by atoms with van der Waals surface area (Å²) in [7, 11) is 0. The van der Waals surface area contributed by atoms with E-state index in [0.29, 0.717) is 0 Å². The zero-order valence-corrected chi connectivity index (χ0v) is 10.2. The molecule has 0 unspecified atom stereocenters. The number of rotatable bonds is 1. The Morgan fingerprint density at radius 2 is 2.17 bits per heavy atom. The van der Waals surface area contributed by atoms with Crippen molar-refractivity contribution in [1.29, 1.82) is 0 Å². The molecule has 4 heteroatoms. The maximum Gasteiger partial charge on any atom is 0.134 e. The summed E-state index contributed by atoms with van der Waals surface area (Å²) < 4.78 is 1.24. The van der Waals surface area contributed by atoms with Crippen molar-refractivity contribution in [3.8, 4) is 9.88 Å². The van der Waals surface area contributed by atoms with Crippen LogP contribution in [0.1, 0.15) is 4.88 Å². The third-order valence-corrected chi connectivity index (χ3v) is 4.32. The van der Waals surface area contributed by atoms with Gasteiger partial charge in [-0.25, -0.2) is 4.98 Å². The molecular weight excluding hydrogens is 301 g/mol. The second kappa shape index (κ2) is 3.43. The molecule has 12 heavy (non-hydrogen) atoms. The van der Waals surface area contributed by atoms with E-state index in [-0.39, 0.29) is 0 Å². The molecule has 0 aromatic carbocycles. The summed E-state index contributed by atoms with van der Waals surface area (Å²) in [5, 5.41) is 1.14. The highest BCUT2D eigenvalue weighted by Crippen LogP contribution is 2.31. The molecule has 0 N–H and O–H groups in total. The quantitative estimate of drug-likeness (QED) is 0.731. The van der Waals surface area contributed by atoms with Crippen molar-refractivity contribution < 1.29 is 0 Å². The summed E-state index contributed by atoms with van der Waals surface area (Å²) in [6, 6.07) is 4.27. The van der Waals surface area contributed by atoms with Crippen molar-refractivity contribution in [3.05, 3.63) is 26.1 Å². The fraction of sp³-hybridized carbons (Fsp3) is 0.125. The van der Waals surface area contributed by atoms with Crippen molar-refractivity contribution in [2.75, 3.05) is 0 Å². The van der Waals surface area contributed by atoms with E-state index in [4.69, 9.17) is 0 Å². The Hall–Kier alpha value is 0.0600. The zero-order chi connectivity index (χ0) is 8.55. The second-order valence-corrected chi connectivity index (χ2v) is 6.59. The lowest BCUT2D eigenvalue weighted by atomic mass is 10.4. The Labute approximate surface area is 92.6 Å². The molecule has 2 heterocycles. The average molecular weight is 307 g/mol. The minimum Gasteiger partial charge on any atom is -0.243 e. The molecular formula is C8H6INS2. The Morgan fingerprint density at radius 3 is 2.67 bits per heavy atom. The maximum absolute atomic E-state index is 4.32. The molecule has 0 aliphatic rings.